The molecule has 3 unspecified atom stereocenters. The molecule has 1 fully saturated rings. The number of likely N-dealkylation sites (N-methyl/N-ethyl adjacent to an activating group) is 1. The zero-order valence-electron chi connectivity index (χ0n) is 11.2. The summed E-state index contributed by atoms with van der Waals surface area (Å²) in [5.74, 6) is -1.69. The van der Waals surface area contributed by atoms with Crippen molar-refractivity contribution >= 4 is 0 Å². The van der Waals surface area contributed by atoms with Crippen molar-refractivity contribution in [3.8, 4) is 0 Å². The Morgan fingerprint density at radius 3 is 2.37 bits per heavy atom. The molecule has 0 radical (unpaired) electrons. The van der Waals surface area contributed by atoms with Crippen LogP contribution in [0.3, 0.4) is 0 Å². The summed E-state index contributed by atoms with van der Waals surface area (Å²) in [5, 5.41) is 0. The summed E-state index contributed by atoms with van der Waals surface area (Å²) in [4.78, 5) is 1.92. The van der Waals surface area contributed by atoms with E-state index in [1.165, 1.54) is 0 Å². The Balaban J connectivity index is 2.18. The molecular formula is C14H19F3N2. The van der Waals surface area contributed by atoms with Crippen molar-refractivity contribution in [3.63, 3.8) is 0 Å². The number of nitrogens with two attached hydrogens (primary N) is 1. The van der Waals surface area contributed by atoms with Crippen LogP contribution in [0.15, 0.2) is 12.1 Å². The van der Waals surface area contributed by atoms with Crippen molar-refractivity contribution in [2.45, 2.75) is 19.4 Å². The smallest absolute Gasteiger partial charge is 0.161 e. The molecule has 1 saturated carbocycles. The van der Waals surface area contributed by atoms with Crippen LogP contribution >= 0.6 is 0 Å². The van der Waals surface area contributed by atoms with Gasteiger partial charge in [0.05, 0.1) is 0 Å². The van der Waals surface area contributed by atoms with Gasteiger partial charge < -0.3 is 5.73 Å². The van der Waals surface area contributed by atoms with Gasteiger partial charge >= 0.3 is 0 Å². The SMILES string of the molecule is CC1CC1CN(C)C(CN)c1cc(F)c(F)cc1F. The van der Waals surface area contributed by atoms with Crippen LogP contribution < -0.4 is 5.73 Å². The van der Waals surface area contributed by atoms with Gasteiger partial charge in [0, 0.05) is 30.8 Å². The van der Waals surface area contributed by atoms with E-state index in [-0.39, 0.29) is 12.1 Å². The van der Waals surface area contributed by atoms with Gasteiger partial charge in [0.15, 0.2) is 11.6 Å². The lowest BCUT2D eigenvalue weighted by Crippen LogP contribution is -2.33. The van der Waals surface area contributed by atoms with Gasteiger partial charge in [-0.3, -0.25) is 4.90 Å². The summed E-state index contributed by atoms with van der Waals surface area (Å²) >= 11 is 0. The molecule has 0 bridgehead atoms. The zero-order valence-corrected chi connectivity index (χ0v) is 11.2. The molecule has 2 rings (SSSR count). The van der Waals surface area contributed by atoms with Crippen molar-refractivity contribution in [2.24, 2.45) is 17.6 Å². The molecule has 0 aliphatic heterocycles. The molecule has 0 amide bonds. The summed E-state index contributed by atoms with van der Waals surface area (Å²) in [6.07, 6.45) is 1.15. The largest absolute Gasteiger partial charge is 0.329 e. The topological polar surface area (TPSA) is 29.3 Å². The molecule has 19 heavy (non-hydrogen) atoms. The fourth-order valence-corrected chi connectivity index (χ4v) is 2.49. The van der Waals surface area contributed by atoms with E-state index in [1.807, 2.05) is 11.9 Å². The number of hydrogen-bond acceptors (Lipinski definition) is 2. The summed E-state index contributed by atoms with van der Waals surface area (Å²) in [6.45, 7) is 3.12. The van der Waals surface area contributed by atoms with Crippen LogP contribution in [0, 0.1) is 29.3 Å². The highest BCUT2D eigenvalue weighted by Gasteiger charge is 2.35. The molecule has 1 aliphatic carbocycles. The zero-order chi connectivity index (χ0) is 14.2. The monoisotopic (exact) mass is 272 g/mol. The molecule has 2 nitrogen and oxygen atoms in total. The average molecular weight is 272 g/mol. The van der Waals surface area contributed by atoms with Crippen molar-refractivity contribution in [3.05, 3.63) is 35.1 Å². The number of nitrogens with zero attached hydrogens (tertiary/aromatic N) is 1. The van der Waals surface area contributed by atoms with Crippen LogP contribution in [0.2, 0.25) is 0 Å². The number of benzene rings is 1. The van der Waals surface area contributed by atoms with Crippen LogP contribution in [-0.2, 0) is 0 Å². The Morgan fingerprint density at radius 2 is 1.84 bits per heavy atom. The summed E-state index contributed by atoms with van der Waals surface area (Å²) in [7, 11) is 1.84. The van der Waals surface area contributed by atoms with E-state index in [2.05, 4.69) is 6.92 Å². The van der Waals surface area contributed by atoms with Crippen molar-refractivity contribution < 1.29 is 13.2 Å². The first-order chi connectivity index (χ1) is 8.93. The lowest BCUT2D eigenvalue weighted by molar-refractivity contribution is 0.231. The molecule has 1 aliphatic rings. The van der Waals surface area contributed by atoms with Crippen LogP contribution in [-0.4, -0.2) is 25.0 Å². The number of hydrogen-bond donors (Lipinski definition) is 1. The third-order valence-electron chi connectivity index (χ3n) is 3.95. The second-order valence-corrected chi connectivity index (χ2v) is 5.45. The van der Waals surface area contributed by atoms with E-state index in [4.69, 9.17) is 5.73 Å². The molecular weight excluding hydrogens is 253 g/mol. The third-order valence-corrected chi connectivity index (χ3v) is 3.95. The van der Waals surface area contributed by atoms with E-state index in [0.29, 0.717) is 17.9 Å². The van der Waals surface area contributed by atoms with E-state index >= 15 is 0 Å². The Labute approximate surface area is 111 Å². The molecule has 5 heteroatoms. The fourth-order valence-electron chi connectivity index (χ4n) is 2.49. The molecule has 0 heterocycles. The maximum atomic E-state index is 13.8. The average Bonchev–Trinajstić information content (AvgIpc) is 3.02. The lowest BCUT2D eigenvalue weighted by atomic mass is 10.0. The predicted octanol–water partition coefficient (Wildman–Crippen LogP) is 2.69. The van der Waals surface area contributed by atoms with Gasteiger partial charge in [-0.05, 0) is 31.4 Å². The predicted molar refractivity (Wildman–Crippen MR) is 68.0 cm³/mol. The fraction of sp³-hybridized carbons (Fsp3) is 0.571. The van der Waals surface area contributed by atoms with Gasteiger partial charge in [-0.15, -0.1) is 0 Å². The minimum atomic E-state index is -1.17. The minimum Gasteiger partial charge on any atom is -0.329 e. The molecule has 0 saturated heterocycles. The van der Waals surface area contributed by atoms with Gasteiger partial charge in [0.2, 0.25) is 0 Å². The van der Waals surface area contributed by atoms with E-state index < -0.39 is 23.5 Å². The molecule has 0 aromatic heterocycles. The van der Waals surface area contributed by atoms with Gasteiger partial charge in [0.25, 0.3) is 0 Å². The molecule has 1 aromatic rings. The van der Waals surface area contributed by atoms with Crippen LogP contribution in [0.25, 0.3) is 0 Å². The highest BCUT2D eigenvalue weighted by atomic mass is 19.2. The lowest BCUT2D eigenvalue weighted by Gasteiger charge is -2.27. The maximum absolute atomic E-state index is 13.8. The first kappa shape index (κ1) is 14.3. The Morgan fingerprint density at radius 1 is 1.26 bits per heavy atom. The van der Waals surface area contributed by atoms with E-state index in [1.54, 1.807) is 0 Å². The number of rotatable bonds is 5. The second-order valence-electron chi connectivity index (χ2n) is 5.45. The first-order valence-corrected chi connectivity index (χ1v) is 6.48. The quantitative estimate of drug-likeness (QED) is 0.835. The molecule has 106 valence electrons. The van der Waals surface area contributed by atoms with E-state index in [0.717, 1.165) is 19.0 Å². The number of halogens is 3. The van der Waals surface area contributed by atoms with Crippen molar-refractivity contribution in [2.75, 3.05) is 20.1 Å². The first-order valence-electron chi connectivity index (χ1n) is 6.48. The Kier molecular flexibility index (Phi) is 4.16. The minimum absolute atomic E-state index is 0.122. The maximum Gasteiger partial charge on any atom is 0.161 e. The highest BCUT2D eigenvalue weighted by molar-refractivity contribution is 5.24. The van der Waals surface area contributed by atoms with Crippen molar-refractivity contribution in [1.82, 2.24) is 4.90 Å². The summed E-state index contributed by atoms with van der Waals surface area (Å²) in [5.41, 5.74) is 5.79. The van der Waals surface area contributed by atoms with Gasteiger partial charge in [-0.1, -0.05) is 6.92 Å². The highest BCUT2D eigenvalue weighted by Crippen LogP contribution is 2.39. The van der Waals surface area contributed by atoms with Crippen LogP contribution in [0.4, 0.5) is 13.2 Å². The van der Waals surface area contributed by atoms with Gasteiger partial charge in [-0.25, -0.2) is 13.2 Å². The van der Waals surface area contributed by atoms with Gasteiger partial charge in [-0.2, -0.15) is 0 Å². The standard InChI is InChI=1S/C14H19F3N2/c1-8-3-9(8)7-19(2)14(6-18)10-4-12(16)13(17)5-11(10)15/h4-5,8-9,14H,3,6-7,18H2,1-2H3. The second kappa shape index (κ2) is 5.51. The van der Waals surface area contributed by atoms with Crippen molar-refractivity contribution in [1.29, 1.82) is 0 Å². The third kappa shape index (κ3) is 3.09. The van der Waals surface area contributed by atoms with Crippen LogP contribution in [0.5, 0.6) is 0 Å². The summed E-state index contributed by atoms with van der Waals surface area (Å²) in [6, 6.07) is 1.07. The van der Waals surface area contributed by atoms with Crippen LogP contribution in [0.1, 0.15) is 24.9 Å². The van der Waals surface area contributed by atoms with E-state index in [9.17, 15) is 13.2 Å². The molecule has 2 N–H and O–H groups in total. The molecule has 1 aromatic carbocycles. The Hall–Kier alpha value is -1.07. The normalized spacial score (nSPS) is 23.7. The van der Waals surface area contributed by atoms with Gasteiger partial charge in [0.1, 0.15) is 5.82 Å². The summed E-state index contributed by atoms with van der Waals surface area (Å²) < 4.78 is 40.0. The molecule has 0 spiro atoms. The Bertz CT molecular complexity index is 464. The molecule has 3 atom stereocenters.